The summed E-state index contributed by atoms with van der Waals surface area (Å²) in [6, 6.07) is 0. The van der Waals surface area contributed by atoms with Crippen molar-refractivity contribution in [3.8, 4) is 0 Å². The monoisotopic (exact) mass is 281 g/mol. The molecular formula is C17H31NO2. The van der Waals surface area contributed by atoms with Crippen LogP contribution in [0, 0.1) is 0 Å². The van der Waals surface area contributed by atoms with Gasteiger partial charge in [-0.15, -0.1) is 6.58 Å². The molecule has 2 aliphatic rings. The molecule has 0 aromatic rings. The van der Waals surface area contributed by atoms with E-state index in [1.807, 2.05) is 0 Å². The van der Waals surface area contributed by atoms with Gasteiger partial charge in [-0.1, -0.05) is 5.57 Å². The molecule has 0 aliphatic carbocycles. The van der Waals surface area contributed by atoms with Crippen LogP contribution in [0.25, 0.3) is 0 Å². The molecule has 2 heterocycles. The summed E-state index contributed by atoms with van der Waals surface area (Å²) < 4.78 is 12.5. The summed E-state index contributed by atoms with van der Waals surface area (Å²) in [5.74, 6) is -0.390. The predicted octanol–water partition coefficient (Wildman–Crippen LogP) is 3.74. The second-order valence-electron chi connectivity index (χ2n) is 7.99. The Hall–Kier alpha value is -0.380. The van der Waals surface area contributed by atoms with Gasteiger partial charge >= 0.3 is 0 Å². The van der Waals surface area contributed by atoms with Gasteiger partial charge in [0.2, 0.25) is 0 Å². The van der Waals surface area contributed by atoms with E-state index in [0.29, 0.717) is 0 Å². The van der Waals surface area contributed by atoms with E-state index >= 15 is 0 Å². The van der Waals surface area contributed by atoms with Gasteiger partial charge in [-0.2, -0.15) is 0 Å². The van der Waals surface area contributed by atoms with Gasteiger partial charge in [0.1, 0.15) is 0 Å². The topological polar surface area (TPSA) is 21.7 Å². The Morgan fingerprint density at radius 3 is 2.25 bits per heavy atom. The van der Waals surface area contributed by atoms with Crippen molar-refractivity contribution in [3.05, 3.63) is 12.2 Å². The Balaban J connectivity index is 2.07. The van der Waals surface area contributed by atoms with Crippen molar-refractivity contribution in [1.82, 2.24) is 4.90 Å². The maximum absolute atomic E-state index is 6.37. The van der Waals surface area contributed by atoms with E-state index in [0.717, 1.165) is 32.3 Å². The third kappa shape index (κ3) is 3.10. The molecule has 1 atom stereocenters. The van der Waals surface area contributed by atoms with Gasteiger partial charge in [-0.3, -0.25) is 4.90 Å². The minimum atomic E-state index is -0.390. The molecule has 0 bridgehead atoms. The van der Waals surface area contributed by atoms with E-state index < -0.39 is 0 Å². The van der Waals surface area contributed by atoms with Crippen LogP contribution in [0.1, 0.15) is 60.3 Å². The van der Waals surface area contributed by atoms with Crippen molar-refractivity contribution in [2.45, 2.75) is 83.3 Å². The molecule has 2 aliphatic heterocycles. The lowest BCUT2D eigenvalue weighted by atomic mass is 9.76. The lowest BCUT2D eigenvalue weighted by molar-refractivity contribution is -0.242. The molecule has 0 aromatic heterocycles. The van der Waals surface area contributed by atoms with Gasteiger partial charge in [0, 0.05) is 23.9 Å². The largest absolute Gasteiger partial charge is 0.347 e. The van der Waals surface area contributed by atoms with E-state index in [9.17, 15) is 0 Å². The average Bonchev–Trinajstić information content (AvgIpc) is 2.65. The van der Waals surface area contributed by atoms with E-state index in [1.165, 1.54) is 5.57 Å². The first-order valence-corrected chi connectivity index (χ1v) is 7.76. The molecule has 0 radical (unpaired) electrons. The van der Waals surface area contributed by atoms with Crippen LogP contribution in [0.5, 0.6) is 0 Å². The smallest absolute Gasteiger partial charge is 0.172 e. The number of rotatable bonds is 3. The molecule has 0 saturated carbocycles. The second-order valence-corrected chi connectivity index (χ2v) is 7.99. The number of nitrogens with zero attached hydrogens (tertiary/aromatic N) is 1. The number of ether oxygens (including phenoxy) is 2. The molecule has 0 amide bonds. The number of likely N-dealkylation sites (tertiary alicyclic amines) is 1. The summed E-state index contributed by atoms with van der Waals surface area (Å²) in [6.45, 7) is 15.9. The number of hydrogen-bond acceptors (Lipinski definition) is 3. The first-order valence-electron chi connectivity index (χ1n) is 7.76. The lowest BCUT2D eigenvalue weighted by Crippen LogP contribution is -2.64. The highest BCUT2D eigenvalue weighted by Gasteiger charge is 2.55. The first-order chi connectivity index (χ1) is 9.06. The SMILES string of the molecule is C=C(C)CCC1COC2(CC(C)(C)N(C)C(C)(C)C2)O1. The second kappa shape index (κ2) is 5.11. The summed E-state index contributed by atoms with van der Waals surface area (Å²) in [4.78, 5) is 2.46. The van der Waals surface area contributed by atoms with Crippen LogP contribution in [-0.2, 0) is 9.47 Å². The third-order valence-corrected chi connectivity index (χ3v) is 5.03. The fourth-order valence-electron chi connectivity index (χ4n) is 3.79. The number of piperidine rings is 1. The van der Waals surface area contributed by atoms with Crippen LogP contribution in [0.15, 0.2) is 12.2 Å². The van der Waals surface area contributed by atoms with Crippen molar-refractivity contribution < 1.29 is 9.47 Å². The summed E-state index contributed by atoms with van der Waals surface area (Å²) in [7, 11) is 2.21. The zero-order chi connectivity index (χ0) is 15.2. The molecule has 2 rings (SSSR count). The van der Waals surface area contributed by atoms with E-state index in [1.54, 1.807) is 0 Å². The highest BCUT2D eigenvalue weighted by Crippen LogP contribution is 2.47. The van der Waals surface area contributed by atoms with Gasteiger partial charge < -0.3 is 9.47 Å². The highest BCUT2D eigenvalue weighted by atomic mass is 16.7. The maximum atomic E-state index is 6.37. The van der Waals surface area contributed by atoms with Gasteiger partial charge in [0.25, 0.3) is 0 Å². The van der Waals surface area contributed by atoms with Crippen molar-refractivity contribution in [2.24, 2.45) is 0 Å². The molecule has 3 heteroatoms. The Labute approximate surface area is 124 Å². The van der Waals surface area contributed by atoms with Crippen LogP contribution in [-0.4, -0.2) is 41.5 Å². The lowest BCUT2D eigenvalue weighted by Gasteiger charge is -2.56. The standard InChI is InChI=1S/C17H31NO2/c1-13(2)8-9-14-10-19-17(20-14)11-15(3,4)18(7)16(5,6)12-17/h14H,1,8-12H2,2-7H3. The quantitative estimate of drug-likeness (QED) is 0.736. The Kier molecular flexibility index (Phi) is 4.09. The predicted molar refractivity (Wildman–Crippen MR) is 82.8 cm³/mol. The first kappa shape index (κ1) is 16.0. The van der Waals surface area contributed by atoms with Crippen LogP contribution in [0.2, 0.25) is 0 Å². The van der Waals surface area contributed by atoms with Crippen molar-refractivity contribution in [3.63, 3.8) is 0 Å². The molecule has 1 unspecified atom stereocenters. The number of allylic oxidation sites excluding steroid dienone is 1. The fourth-order valence-corrected chi connectivity index (χ4v) is 3.79. The highest BCUT2D eigenvalue weighted by molar-refractivity contribution is 5.04. The van der Waals surface area contributed by atoms with E-state index in [4.69, 9.17) is 9.47 Å². The van der Waals surface area contributed by atoms with Crippen LogP contribution < -0.4 is 0 Å². The third-order valence-electron chi connectivity index (χ3n) is 5.03. The van der Waals surface area contributed by atoms with Gasteiger partial charge in [-0.25, -0.2) is 0 Å². The minimum absolute atomic E-state index is 0.0883. The van der Waals surface area contributed by atoms with Gasteiger partial charge in [0.05, 0.1) is 12.7 Å². The summed E-state index contributed by atoms with van der Waals surface area (Å²) in [5.41, 5.74) is 1.40. The molecule has 2 saturated heterocycles. The summed E-state index contributed by atoms with van der Waals surface area (Å²) in [5, 5.41) is 0. The molecule has 0 aromatic carbocycles. The molecule has 116 valence electrons. The van der Waals surface area contributed by atoms with Crippen LogP contribution in [0.3, 0.4) is 0 Å². The molecule has 0 N–H and O–H groups in total. The molecule has 3 nitrogen and oxygen atoms in total. The van der Waals surface area contributed by atoms with Gasteiger partial charge in [0.15, 0.2) is 5.79 Å². The molecule has 1 spiro atoms. The van der Waals surface area contributed by atoms with Crippen LogP contribution >= 0.6 is 0 Å². The Morgan fingerprint density at radius 1 is 1.20 bits per heavy atom. The zero-order valence-electron chi connectivity index (χ0n) is 14.1. The molecule has 2 fully saturated rings. The summed E-state index contributed by atoms with van der Waals surface area (Å²) >= 11 is 0. The van der Waals surface area contributed by atoms with E-state index in [2.05, 4.69) is 53.1 Å². The average molecular weight is 281 g/mol. The number of hydrogen-bond donors (Lipinski definition) is 0. The Morgan fingerprint density at radius 2 is 1.75 bits per heavy atom. The van der Waals surface area contributed by atoms with E-state index in [-0.39, 0.29) is 23.0 Å². The Bertz CT molecular complexity index is 368. The van der Waals surface area contributed by atoms with Crippen molar-refractivity contribution in [2.75, 3.05) is 13.7 Å². The molecule has 20 heavy (non-hydrogen) atoms. The molecular weight excluding hydrogens is 250 g/mol. The fraction of sp³-hybridized carbons (Fsp3) is 0.882. The normalized spacial score (nSPS) is 31.6. The zero-order valence-corrected chi connectivity index (χ0v) is 14.1. The van der Waals surface area contributed by atoms with Crippen molar-refractivity contribution in [1.29, 1.82) is 0 Å². The van der Waals surface area contributed by atoms with Crippen LogP contribution in [0.4, 0.5) is 0 Å². The van der Waals surface area contributed by atoms with Gasteiger partial charge in [-0.05, 0) is 54.5 Å². The summed E-state index contributed by atoms with van der Waals surface area (Å²) in [6.07, 6.45) is 4.14. The van der Waals surface area contributed by atoms with Crippen molar-refractivity contribution >= 4 is 0 Å². The minimum Gasteiger partial charge on any atom is -0.347 e. The maximum Gasteiger partial charge on any atom is 0.172 e.